The van der Waals surface area contributed by atoms with Gasteiger partial charge < -0.3 is 13.9 Å². The highest BCUT2D eigenvalue weighted by Gasteiger charge is 2.13. The van der Waals surface area contributed by atoms with Crippen LogP contribution in [0.2, 0.25) is 5.02 Å². The minimum absolute atomic E-state index is 0.189. The van der Waals surface area contributed by atoms with Crippen LogP contribution in [0.25, 0.3) is 21.7 Å². The van der Waals surface area contributed by atoms with Gasteiger partial charge in [0.1, 0.15) is 12.2 Å². The van der Waals surface area contributed by atoms with E-state index in [0.29, 0.717) is 28.7 Å². The highest BCUT2D eigenvalue weighted by atomic mass is 35.5. The number of nitrogens with zero attached hydrogens (tertiary/aromatic N) is 1. The molecule has 0 aliphatic heterocycles. The second kappa shape index (κ2) is 9.91. The smallest absolute Gasteiger partial charge is 0.307 e. The fourth-order valence-corrected chi connectivity index (χ4v) is 3.97. The number of hydrogen-bond donors (Lipinski definition) is 1. The number of amides is 1. The number of benzene rings is 4. The number of carbonyl (C=O) groups excluding carboxylic acids is 1. The van der Waals surface area contributed by atoms with E-state index in [-0.39, 0.29) is 5.76 Å². The van der Waals surface area contributed by atoms with Crippen LogP contribution in [0.4, 0.5) is 0 Å². The molecule has 0 radical (unpaired) electrons. The van der Waals surface area contributed by atoms with Crippen LogP contribution in [-0.2, 0) is 6.61 Å². The van der Waals surface area contributed by atoms with Crippen molar-refractivity contribution in [3.8, 4) is 11.5 Å². The molecule has 5 aromatic rings. The quantitative estimate of drug-likeness (QED) is 0.209. The van der Waals surface area contributed by atoms with Crippen molar-refractivity contribution in [1.29, 1.82) is 0 Å². The fourth-order valence-electron chi connectivity index (χ4n) is 3.78. The number of methoxy groups -OCH3 is 1. The number of halogens is 1. The minimum Gasteiger partial charge on any atom is -0.493 e. The lowest BCUT2D eigenvalue weighted by Crippen LogP contribution is -2.16. The summed E-state index contributed by atoms with van der Waals surface area (Å²) in [5, 5.41) is 7.70. The zero-order valence-corrected chi connectivity index (χ0v) is 19.6. The Balaban J connectivity index is 1.27. The molecule has 0 bridgehead atoms. The summed E-state index contributed by atoms with van der Waals surface area (Å²) >= 11 is 6.20. The van der Waals surface area contributed by atoms with Gasteiger partial charge in [0.2, 0.25) is 0 Å². The Labute approximate surface area is 206 Å². The Hall–Kier alpha value is -4.29. The fraction of sp³-hybridized carbons (Fsp3) is 0.0714. The summed E-state index contributed by atoms with van der Waals surface area (Å²) in [6.45, 7) is 0.312. The van der Waals surface area contributed by atoms with E-state index >= 15 is 0 Å². The molecule has 7 heteroatoms. The molecule has 1 amide bonds. The standard InChI is InChI=1S/C28H21ClN2O4/c1-33-26-14-18(10-12-25(26)34-17-20-7-3-5-9-23(20)29)16-30-31-28(32)27-15-22-21-8-4-2-6-19(21)11-13-24(22)35-27/h2-16H,17H2,1H3,(H,31,32)/b30-16+. The number of hydrazone groups is 1. The molecule has 4 aromatic carbocycles. The van der Waals surface area contributed by atoms with Gasteiger partial charge in [0.05, 0.1) is 13.3 Å². The number of furan rings is 1. The van der Waals surface area contributed by atoms with Crippen LogP contribution in [0, 0.1) is 0 Å². The Bertz CT molecular complexity index is 1560. The van der Waals surface area contributed by atoms with Crippen LogP contribution in [0.1, 0.15) is 21.7 Å². The number of carbonyl (C=O) groups is 1. The topological polar surface area (TPSA) is 73.1 Å². The summed E-state index contributed by atoms with van der Waals surface area (Å²) in [5.41, 5.74) is 4.76. The first-order valence-electron chi connectivity index (χ1n) is 10.9. The first kappa shape index (κ1) is 22.5. The molecule has 0 spiro atoms. The van der Waals surface area contributed by atoms with Gasteiger partial charge in [0.25, 0.3) is 0 Å². The van der Waals surface area contributed by atoms with Crippen molar-refractivity contribution < 1.29 is 18.7 Å². The van der Waals surface area contributed by atoms with E-state index < -0.39 is 5.91 Å². The van der Waals surface area contributed by atoms with Gasteiger partial charge in [-0.2, -0.15) is 5.10 Å². The van der Waals surface area contributed by atoms with Gasteiger partial charge >= 0.3 is 5.91 Å². The van der Waals surface area contributed by atoms with Crippen LogP contribution in [0.3, 0.4) is 0 Å². The van der Waals surface area contributed by atoms with E-state index in [1.54, 1.807) is 25.3 Å². The molecule has 0 unspecified atom stereocenters. The lowest BCUT2D eigenvalue weighted by molar-refractivity contribution is 0.0929. The molecule has 0 aliphatic rings. The van der Waals surface area contributed by atoms with E-state index in [1.807, 2.05) is 66.7 Å². The Morgan fingerprint density at radius 3 is 2.66 bits per heavy atom. The first-order valence-corrected chi connectivity index (χ1v) is 11.3. The Morgan fingerprint density at radius 2 is 1.80 bits per heavy atom. The highest BCUT2D eigenvalue weighted by Crippen LogP contribution is 2.30. The molecule has 174 valence electrons. The molecule has 35 heavy (non-hydrogen) atoms. The number of rotatable bonds is 7. The lowest BCUT2D eigenvalue weighted by Gasteiger charge is -2.12. The molecule has 1 heterocycles. The Morgan fingerprint density at radius 1 is 0.971 bits per heavy atom. The maximum atomic E-state index is 12.6. The summed E-state index contributed by atoms with van der Waals surface area (Å²) in [5.74, 6) is 0.863. The normalized spacial score (nSPS) is 11.3. The molecular formula is C28H21ClN2O4. The summed E-state index contributed by atoms with van der Waals surface area (Å²) in [6.07, 6.45) is 1.52. The molecule has 0 atom stereocenters. The Kier molecular flexibility index (Phi) is 6.37. The molecular weight excluding hydrogens is 464 g/mol. The van der Waals surface area contributed by atoms with Gasteiger partial charge in [0, 0.05) is 16.0 Å². The molecule has 0 fully saturated rings. The number of fused-ring (bicyclic) bond motifs is 3. The van der Waals surface area contributed by atoms with Gasteiger partial charge in [0.15, 0.2) is 17.3 Å². The monoisotopic (exact) mass is 484 g/mol. The van der Waals surface area contributed by atoms with Crippen molar-refractivity contribution in [2.45, 2.75) is 6.61 Å². The van der Waals surface area contributed by atoms with Crippen LogP contribution >= 0.6 is 11.6 Å². The van der Waals surface area contributed by atoms with Gasteiger partial charge in [-0.05, 0) is 52.7 Å². The molecule has 5 rings (SSSR count). The largest absolute Gasteiger partial charge is 0.493 e. The van der Waals surface area contributed by atoms with Crippen molar-refractivity contribution in [2.24, 2.45) is 5.10 Å². The molecule has 0 aliphatic carbocycles. The minimum atomic E-state index is -0.437. The molecule has 6 nitrogen and oxygen atoms in total. The van der Waals surface area contributed by atoms with E-state index in [4.69, 9.17) is 25.5 Å². The molecule has 1 aromatic heterocycles. The highest BCUT2D eigenvalue weighted by molar-refractivity contribution is 6.31. The third kappa shape index (κ3) is 4.83. The van der Waals surface area contributed by atoms with E-state index in [0.717, 1.165) is 27.3 Å². The third-order valence-electron chi connectivity index (χ3n) is 5.56. The van der Waals surface area contributed by atoms with Crippen molar-refractivity contribution in [3.63, 3.8) is 0 Å². The van der Waals surface area contributed by atoms with E-state index in [2.05, 4.69) is 10.5 Å². The predicted octanol–water partition coefficient (Wildman–Crippen LogP) is 6.59. The number of ether oxygens (including phenoxy) is 2. The summed E-state index contributed by atoms with van der Waals surface area (Å²) in [7, 11) is 1.56. The maximum absolute atomic E-state index is 12.6. The second-order valence-electron chi connectivity index (χ2n) is 7.80. The average molecular weight is 485 g/mol. The second-order valence-corrected chi connectivity index (χ2v) is 8.21. The number of hydrogen-bond acceptors (Lipinski definition) is 5. The summed E-state index contributed by atoms with van der Waals surface area (Å²) < 4.78 is 17.1. The zero-order chi connectivity index (χ0) is 24.2. The molecule has 0 saturated heterocycles. The van der Waals surface area contributed by atoms with Gasteiger partial charge in [-0.3, -0.25) is 4.79 Å². The van der Waals surface area contributed by atoms with Crippen LogP contribution in [-0.4, -0.2) is 19.2 Å². The van der Waals surface area contributed by atoms with Crippen LogP contribution in [0.5, 0.6) is 11.5 Å². The molecule has 1 N–H and O–H groups in total. The van der Waals surface area contributed by atoms with E-state index in [9.17, 15) is 4.79 Å². The van der Waals surface area contributed by atoms with Crippen molar-refractivity contribution in [2.75, 3.05) is 7.11 Å². The van der Waals surface area contributed by atoms with Crippen LogP contribution < -0.4 is 14.9 Å². The summed E-state index contributed by atoms with van der Waals surface area (Å²) in [4.78, 5) is 12.6. The van der Waals surface area contributed by atoms with Gasteiger partial charge in [-0.15, -0.1) is 0 Å². The van der Waals surface area contributed by atoms with Crippen LogP contribution in [0.15, 0.2) is 94.4 Å². The zero-order valence-electron chi connectivity index (χ0n) is 18.8. The van der Waals surface area contributed by atoms with Crippen molar-refractivity contribution in [3.05, 3.63) is 107 Å². The van der Waals surface area contributed by atoms with Gasteiger partial charge in [-0.25, -0.2) is 5.43 Å². The summed E-state index contributed by atoms with van der Waals surface area (Å²) in [6, 6.07) is 26.4. The van der Waals surface area contributed by atoms with Crippen molar-refractivity contribution in [1.82, 2.24) is 5.43 Å². The lowest BCUT2D eigenvalue weighted by atomic mass is 10.1. The third-order valence-corrected chi connectivity index (χ3v) is 5.93. The first-order chi connectivity index (χ1) is 17.1. The maximum Gasteiger partial charge on any atom is 0.307 e. The predicted molar refractivity (Wildman–Crippen MR) is 138 cm³/mol. The van der Waals surface area contributed by atoms with Gasteiger partial charge in [-0.1, -0.05) is 60.1 Å². The average Bonchev–Trinajstić information content (AvgIpc) is 3.34. The SMILES string of the molecule is COc1cc(/C=N/NC(=O)c2cc3c(ccc4ccccc43)o2)ccc1OCc1ccccc1Cl. The number of nitrogens with one attached hydrogen (secondary N) is 1. The molecule has 0 saturated carbocycles. The van der Waals surface area contributed by atoms with E-state index in [1.165, 1.54) is 6.21 Å². The van der Waals surface area contributed by atoms with Crippen molar-refractivity contribution >= 4 is 45.5 Å².